The van der Waals surface area contributed by atoms with Crippen LogP contribution >= 0.6 is 0 Å². The second-order valence-corrected chi connectivity index (χ2v) is 10.7. The van der Waals surface area contributed by atoms with E-state index in [4.69, 9.17) is 5.11 Å². The molecule has 43 heavy (non-hydrogen) atoms. The standard InChI is InChI=1S/C33H32N6O4/c1-23(9-7-8-17-37-22-26(16-18-40)35-36-37)33(43)29-19-27(39-31(41)28-13-6-5-12-25(28)20-34-39)14-15-30(29)38(32(33)42)21-24-10-3-2-4-11-24/h2-7,9-15,19-20,22-23,40,43H,8,16-18,21H2,1H3/b9-7+/t23-,33+/m1/s1. The van der Waals surface area contributed by atoms with Crippen molar-refractivity contribution in [1.82, 2.24) is 24.8 Å². The molecule has 0 aliphatic carbocycles. The number of aromatic nitrogens is 5. The van der Waals surface area contributed by atoms with E-state index in [9.17, 15) is 14.7 Å². The minimum absolute atomic E-state index is 0.0127. The van der Waals surface area contributed by atoms with Gasteiger partial charge in [-0.05, 0) is 36.2 Å². The number of aryl methyl sites for hydroxylation is 1. The number of amides is 1. The molecule has 0 spiro atoms. The second-order valence-electron chi connectivity index (χ2n) is 10.7. The van der Waals surface area contributed by atoms with Gasteiger partial charge in [0.1, 0.15) is 0 Å². The molecule has 1 amide bonds. The molecule has 1 aliphatic rings. The van der Waals surface area contributed by atoms with Crippen LogP contribution in [0.3, 0.4) is 0 Å². The molecule has 218 valence electrons. The van der Waals surface area contributed by atoms with Gasteiger partial charge in [-0.3, -0.25) is 14.3 Å². The summed E-state index contributed by atoms with van der Waals surface area (Å²) in [7, 11) is 0. The van der Waals surface area contributed by atoms with E-state index >= 15 is 0 Å². The summed E-state index contributed by atoms with van der Waals surface area (Å²) < 4.78 is 3.00. The van der Waals surface area contributed by atoms with Gasteiger partial charge >= 0.3 is 0 Å². The molecule has 10 heteroatoms. The number of fused-ring (bicyclic) bond motifs is 2. The fraction of sp³-hybridized carbons (Fsp3) is 0.242. The van der Waals surface area contributed by atoms with Crippen molar-refractivity contribution in [2.24, 2.45) is 5.92 Å². The number of rotatable bonds is 10. The average molecular weight is 577 g/mol. The lowest BCUT2D eigenvalue weighted by Crippen LogP contribution is -2.44. The molecule has 0 fully saturated rings. The summed E-state index contributed by atoms with van der Waals surface area (Å²) in [5.74, 6) is -1.01. The van der Waals surface area contributed by atoms with Crippen LogP contribution < -0.4 is 10.5 Å². The monoisotopic (exact) mass is 576 g/mol. The van der Waals surface area contributed by atoms with Gasteiger partial charge in [0.05, 0.1) is 35.2 Å². The number of aliphatic hydroxyl groups excluding tert-OH is 1. The molecule has 0 saturated heterocycles. The number of benzene rings is 3. The molecule has 0 radical (unpaired) electrons. The third-order valence-corrected chi connectivity index (χ3v) is 7.94. The van der Waals surface area contributed by atoms with E-state index in [1.54, 1.807) is 52.3 Å². The minimum Gasteiger partial charge on any atom is -0.396 e. The Bertz CT molecular complexity index is 1860. The highest BCUT2D eigenvalue weighted by atomic mass is 16.3. The van der Waals surface area contributed by atoms with Crippen molar-refractivity contribution in [2.45, 2.75) is 38.5 Å². The van der Waals surface area contributed by atoms with Crippen LogP contribution in [0.2, 0.25) is 0 Å². The van der Waals surface area contributed by atoms with Gasteiger partial charge in [0.2, 0.25) is 0 Å². The van der Waals surface area contributed by atoms with Crippen LogP contribution in [0.1, 0.15) is 30.2 Å². The van der Waals surface area contributed by atoms with Gasteiger partial charge in [0, 0.05) is 42.6 Å². The minimum atomic E-state index is -1.86. The van der Waals surface area contributed by atoms with E-state index in [0.717, 1.165) is 16.6 Å². The molecule has 3 heterocycles. The number of aliphatic hydroxyl groups is 2. The molecule has 2 aromatic heterocycles. The van der Waals surface area contributed by atoms with E-state index in [2.05, 4.69) is 15.4 Å². The Kier molecular flexibility index (Phi) is 7.71. The summed E-state index contributed by atoms with van der Waals surface area (Å²) in [5.41, 5.74) is 0.982. The average Bonchev–Trinajstić information content (AvgIpc) is 3.56. The summed E-state index contributed by atoms with van der Waals surface area (Å²) in [6.07, 6.45) is 8.24. The number of anilines is 1. The first-order valence-electron chi connectivity index (χ1n) is 14.3. The first-order valence-corrected chi connectivity index (χ1v) is 14.3. The van der Waals surface area contributed by atoms with Gasteiger partial charge < -0.3 is 15.1 Å². The maximum Gasteiger partial charge on any atom is 0.279 e. The van der Waals surface area contributed by atoms with Gasteiger partial charge in [-0.2, -0.15) is 9.78 Å². The van der Waals surface area contributed by atoms with E-state index in [1.165, 1.54) is 4.68 Å². The number of carbonyl (C=O) groups is 1. The fourth-order valence-corrected chi connectivity index (χ4v) is 5.59. The zero-order valence-electron chi connectivity index (χ0n) is 23.7. The lowest BCUT2D eigenvalue weighted by Gasteiger charge is -2.28. The summed E-state index contributed by atoms with van der Waals surface area (Å²) in [6.45, 7) is 2.68. The Morgan fingerprint density at radius 1 is 1.02 bits per heavy atom. The van der Waals surface area contributed by atoms with Crippen LogP contribution in [0.15, 0.2) is 102 Å². The number of carbonyl (C=O) groups excluding carboxylic acids is 1. The summed E-state index contributed by atoms with van der Waals surface area (Å²) >= 11 is 0. The molecule has 2 N–H and O–H groups in total. The van der Waals surface area contributed by atoms with Crippen LogP contribution in [-0.2, 0) is 29.9 Å². The lowest BCUT2D eigenvalue weighted by atomic mass is 9.82. The van der Waals surface area contributed by atoms with Gasteiger partial charge in [0.25, 0.3) is 11.5 Å². The molecule has 10 nitrogen and oxygen atoms in total. The van der Waals surface area contributed by atoms with Crippen LogP contribution in [-0.4, -0.2) is 47.5 Å². The summed E-state index contributed by atoms with van der Waals surface area (Å²) in [4.78, 5) is 29.0. The second kappa shape index (κ2) is 11.7. The molecular weight excluding hydrogens is 544 g/mol. The zero-order valence-corrected chi connectivity index (χ0v) is 23.7. The number of hydrogen-bond donors (Lipinski definition) is 2. The van der Waals surface area contributed by atoms with Gasteiger partial charge in [0.15, 0.2) is 5.60 Å². The first-order chi connectivity index (χ1) is 20.9. The SMILES string of the molecule is C[C@H](/C=C/CCn1cc(CCO)nn1)[C@@]1(O)C(=O)N(Cc2ccccc2)c2ccc(-n3ncc4ccccc4c3=O)cc21. The smallest absolute Gasteiger partial charge is 0.279 e. The fourth-order valence-electron chi connectivity index (χ4n) is 5.59. The topological polar surface area (TPSA) is 126 Å². The zero-order chi connectivity index (χ0) is 30.0. The van der Waals surface area contributed by atoms with Crippen molar-refractivity contribution in [1.29, 1.82) is 0 Å². The van der Waals surface area contributed by atoms with Crippen molar-refractivity contribution in [3.63, 3.8) is 0 Å². The maximum atomic E-state index is 14.1. The van der Waals surface area contributed by atoms with Crippen molar-refractivity contribution >= 4 is 22.4 Å². The van der Waals surface area contributed by atoms with Crippen LogP contribution in [0.5, 0.6) is 0 Å². The Hall–Kier alpha value is -4.93. The van der Waals surface area contributed by atoms with Crippen molar-refractivity contribution in [2.75, 3.05) is 11.5 Å². The molecule has 0 unspecified atom stereocenters. The molecule has 3 aromatic carbocycles. The molecular formula is C33H32N6O4. The Morgan fingerprint density at radius 3 is 2.63 bits per heavy atom. The van der Waals surface area contributed by atoms with E-state index in [1.807, 2.05) is 61.5 Å². The number of hydrogen-bond acceptors (Lipinski definition) is 7. The van der Waals surface area contributed by atoms with Crippen LogP contribution in [0.25, 0.3) is 16.5 Å². The van der Waals surface area contributed by atoms with Crippen molar-refractivity contribution in [3.8, 4) is 5.69 Å². The summed E-state index contributed by atoms with van der Waals surface area (Å²) in [5, 5.41) is 35.1. The van der Waals surface area contributed by atoms with Gasteiger partial charge in [-0.15, -0.1) is 5.10 Å². The van der Waals surface area contributed by atoms with Crippen LogP contribution in [0, 0.1) is 5.92 Å². The Morgan fingerprint density at radius 2 is 1.81 bits per heavy atom. The molecule has 5 aromatic rings. The molecule has 1 aliphatic heterocycles. The highest BCUT2D eigenvalue weighted by molar-refractivity contribution is 6.07. The van der Waals surface area contributed by atoms with Gasteiger partial charge in [-0.25, -0.2) is 0 Å². The highest BCUT2D eigenvalue weighted by Gasteiger charge is 2.52. The maximum absolute atomic E-state index is 14.1. The van der Waals surface area contributed by atoms with Crippen molar-refractivity contribution < 1.29 is 15.0 Å². The number of allylic oxidation sites excluding steroid dienone is 1. The largest absolute Gasteiger partial charge is 0.396 e. The molecule has 0 bridgehead atoms. The third kappa shape index (κ3) is 5.26. The van der Waals surface area contributed by atoms with Gasteiger partial charge in [-0.1, -0.05) is 72.8 Å². The van der Waals surface area contributed by atoms with Crippen molar-refractivity contribution in [3.05, 3.63) is 125 Å². The normalized spacial score (nSPS) is 17.2. The highest BCUT2D eigenvalue weighted by Crippen LogP contribution is 2.46. The third-order valence-electron chi connectivity index (χ3n) is 7.94. The number of nitrogens with zero attached hydrogens (tertiary/aromatic N) is 6. The predicted octanol–water partition coefficient (Wildman–Crippen LogP) is 3.53. The molecule has 2 atom stereocenters. The Labute approximate surface area is 248 Å². The lowest BCUT2D eigenvalue weighted by molar-refractivity contribution is -0.139. The Balaban J connectivity index is 1.34. The summed E-state index contributed by atoms with van der Waals surface area (Å²) in [6, 6.07) is 22.1. The van der Waals surface area contributed by atoms with E-state index in [-0.39, 0.29) is 12.2 Å². The molecule has 0 saturated carbocycles. The van der Waals surface area contributed by atoms with E-state index < -0.39 is 17.4 Å². The van der Waals surface area contributed by atoms with Crippen LogP contribution in [0.4, 0.5) is 5.69 Å². The van der Waals surface area contributed by atoms with E-state index in [0.29, 0.717) is 48.3 Å². The quantitative estimate of drug-likeness (QED) is 0.244. The predicted molar refractivity (Wildman–Crippen MR) is 163 cm³/mol. The molecule has 6 rings (SSSR count). The first kappa shape index (κ1) is 28.2.